The highest BCUT2D eigenvalue weighted by molar-refractivity contribution is 7.52. The van der Waals surface area contributed by atoms with Crippen LogP contribution in [0.25, 0.3) is 0 Å². The Morgan fingerprint density at radius 2 is 0.893 bits per heavy atom. The molecule has 1 atom stereocenters. The molecule has 1 rings (SSSR count). The van der Waals surface area contributed by atoms with E-state index < -0.39 is 32.4 Å². The van der Waals surface area contributed by atoms with Gasteiger partial charge in [0.1, 0.15) is 8.81 Å². The van der Waals surface area contributed by atoms with E-state index in [1.165, 1.54) is 4.90 Å². The van der Waals surface area contributed by atoms with Crippen LogP contribution in [0, 0.1) is 0 Å². The quantitative estimate of drug-likeness (QED) is 0.341. The van der Waals surface area contributed by atoms with Crippen LogP contribution in [0.5, 0.6) is 0 Å². The Labute approximate surface area is 164 Å². The molecule has 0 aromatic carbocycles. The standard InChI is InChI=1S/C15H27N4O8P/c20-12(21)9-16-1-3-17(10-13(22)23)5-7-19(15(26)28-27)8-6-18(4-2-16)11-14(24)25/h27-28H,1-11H2,(H,20,21)(H,22,23)(H,24,25). The number of aliphatic carboxylic acids is 3. The number of carboxylic acids is 3. The van der Waals surface area contributed by atoms with E-state index in [-0.39, 0.29) is 72.0 Å². The first-order valence-electron chi connectivity index (χ1n) is 8.72. The van der Waals surface area contributed by atoms with Gasteiger partial charge in [0.25, 0.3) is 5.65 Å². The zero-order chi connectivity index (χ0) is 21.1. The average Bonchev–Trinajstić information content (AvgIpc) is 2.59. The van der Waals surface area contributed by atoms with Gasteiger partial charge in [-0.2, -0.15) is 0 Å². The second-order valence-electron chi connectivity index (χ2n) is 6.41. The third-order valence-corrected chi connectivity index (χ3v) is 4.80. The molecule has 0 spiro atoms. The maximum atomic E-state index is 12.0. The zero-order valence-corrected chi connectivity index (χ0v) is 16.5. The first kappa shape index (κ1) is 24.2. The average molecular weight is 422 g/mol. The van der Waals surface area contributed by atoms with Crippen molar-refractivity contribution >= 4 is 32.4 Å². The van der Waals surface area contributed by atoms with Gasteiger partial charge in [0.05, 0.1) is 19.6 Å². The summed E-state index contributed by atoms with van der Waals surface area (Å²) in [5.74, 6) is -3.10. The fourth-order valence-electron chi connectivity index (χ4n) is 2.86. The molecule has 28 heavy (non-hydrogen) atoms. The molecular weight excluding hydrogens is 395 g/mol. The number of rotatable bonds is 7. The van der Waals surface area contributed by atoms with Crippen LogP contribution >= 0.6 is 8.81 Å². The Morgan fingerprint density at radius 1 is 0.607 bits per heavy atom. The summed E-state index contributed by atoms with van der Waals surface area (Å²) in [6.45, 7) is 1.23. The zero-order valence-electron chi connectivity index (χ0n) is 15.5. The van der Waals surface area contributed by atoms with Crippen molar-refractivity contribution < 1.29 is 39.4 Å². The molecular formula is C15H27N4O8P. The number of amides is 1. The molecule has 1 aliphatic heterocycles. The molecule has 1 amide bonds. The second kappa shape index (κ2) is 12.6. The van der Waals surface area contributed by atoms with Crippen molar-refractivity contribution in [3.05, 3.63) is 0 Å². The molecule has 160 valence electrons. The van der Waals surface area contributed by atoms with Gasteiger partial charge in [0, 0.05) is 52.4 Å². The SMILES string of the molecule is O=C(O)CN1CCN(CC(=O)O)CCN(C(=O)PO)CCN(CC(=O)O)CC1. The van der Waals surface area contributed by atoms with Gasteiger partial charge in [0.15, 0.2) is 0 Å². The predicted octanol–water partition coefficient (Wildman–Crippen LogP) is -1.83. The lowest BCUT2D eigenvalue weighted by Gasteiger charge is -2.32. The van der Waals surface area contributed by atoms with Gasteiger partial charge in [-0.15, -0.1) is 0 Å². The van der Waals surface area contributed by atoms with E-state index in [4.69, 9.17) is 15.3 Å². The molecule has 0 radical (unpaired) electrons. The summed E-state index contributed by atoms with van der Waals surface area (Å²) in [4.78, 5) is 60.6. The van der Waals surface area contributed by atoms with Crippen LogP contribution < -0.4 is 0 Å². The molecule has 0 aromatic heterocycles. The molecule has 4 N–H and O–H groups in total. The summed E-state index contributed by atoms with van der Waals surface area (Å²) >= 11 is 0. The topological polar surface area (TPSA) is 162 Å². The fourth-order valence-corrected chi connectivity index (χ4v) is 3.22. The van der Waals surface area contributed by atoms with Crippen LogP contribution in [-0.4, -0.2) is 135 Å². The number of carbonyl (C=O) groups excluding carboxylic acids is 1. The van der Waals surface area contributed by atoms with Crippen LogP contribution in [0.4, 0.5) is 4.79 Å². The Morgan fingerprint density at radius 3 is 1.14 bits per heavy atom. The van der Waals surface area contributed by atoms with Crippen molar-refractivity contribution in [2.45, 2.75) is 0 Å². The van der Waals surface area contributed by atoms with Gasteiger partial charge in [-0.3, -0.25) is 33.9 Å². The largest absolute Gasteiger partial charge is 0.480 e. The van der Waals surface area contributed by atoms with Gasteiger partial charge < -0.3 is 25.1 Å². The summed E-state index contributed by atoms with van der Waals surface area (Å²) < 4.78 is 0. The Bertz CT molecular complexity index is 532. The highest BCUT2D eigenvalue weighted by Gasteiger charge is 2.21. The smallest absolute Gasteiger partial charge is 0.317 e. The second-order valence-corrected chi connectivity index (χ2v) is 7.07. The van der Waals surface area contributed by atoms with Crippen LogP contribution in [0.1, 0.15) is 0 Å². The van der Waals surface area contributed by atoms with E-state index in [9.17, 15) is 24.1 Å². The van der Waals surface area contributed by atoms with Crippen molar-refractivity contribution in [3.8, 4) is 0 Å². The summed E-state index contributed by atoms with van der Waals surface area (Å²) in [5, 5.41) is 27.2. The maximum Gasteiger partial charge on any atom is 0.317 e. The van der Waals surface area contributed by atoms with E-state index in [1.54, 1.807) is 14.7 Å². The third kappa shape index (κ3) is 9.90. The summed E-state index contributed by atoms with van der Waals surface area (Å²) in [6.07, 6.45) is 0. The molecule has 1 aliphatic rings. The fraction of sp³-hybridized carbons (Fsp3) is 0.733. The minimum absolute atomic E-state index is 0.180. The van der Waals surface area contributed by atoms with Crippen molar-refractivity contribution in [1.82, 2.24) is 19.6 Å². The van der Waals surface area contributed by atoms with Crippen LogP contribution in [-0.2, 0) is 14.4 Å². The lowest BCUT2D eigenvalue weighted by Crippen LogP contribution is -2.48. The van der Waals surface area contributed by atoms with E-state index in [0.717, 1.165) is 0 Å². The van der Waals surface area contributed by atoms with Gasteiger partial charge >= 0.3 is 17.9 Å². The first-order chi connectivity index (χ1) is 13.2. The first-order valence-corrected chi connectivity index (χ1v) is 9.67. The molecule has 1 heterocycles. The molecule has 12 nitrogen and oxygen atoms in total. The highest BCUT2D eigenvalue weighted by Crippen LogP contribution is 2.11. The van der Waals surface area contributed by atoms with Crippen molar-refractivity contribution in [2.24, 2.45) is 0 Å². The minimum atomic E-state index is -1.04. The van der Waals surface area contributed by atoms with Gasteiger partial charge in [-0.05, 0) is 0 Å². The molecule has 0 bridgehead atoms. The third-order valence-electron chi connectivity index (χ3n) is 4.30. The van der Waals surface area contributed by atoms with Crippen molar-refractivity contribution in [1.29, 1.82) is 0 Å². The summed E-state index contributed by atoms with van der Waals surface area (Å²) in [5.41, 5.74) is -0.491. The molecule has 0 aliphatic carbocycles. The summed E-state index contributed by atoms with van der Waals surface area (Å²) in [6, 6.07) is 0. The van der Waals surface area contributed by atoms with E-state index >= 15 is 0 Å². The predicted molar refractivity (Wildman–Crippen MR) is 99.7 cm³/mol. The van der Waals surface area contributed by atoms with Crippen molar-refractivity contribution in [2.75, 3.05) is 72.0 Å². The monoisotopic (exact) mass is 422 g/mol. The number of hydrogen-bond donors (Lipinski definition) is 4. The molecule has 1 fully saturated rings. The number of nitrogens with zero attached hydrogens (tertiary/aromatic N) is 4. The van der Waals surface area contributed by atoms with Gasteiger partial charge in [0.2, 0.25) is 0 Å². The lowest BCUT2D eigenvalue weighted by atomic mass is 10.3. The maximum absolute atomic E-state index is 12.0. The van der Waals surface area contributed by atoms with Crippen LogP contribution in [0.2, 0.25) is 0 Å². The normalized spacial score (nSPS) is 19.2. The van der Waals surface area contributed by atoms with Crippen molar-refractivity contribution in [3.63, 3.8) is 0 Å². The number of carboxylic acid groups (broad SMARTS) is 3. The number of hydrogen-bond acceptors (Lipinski definition) is 8. The lowest BCUT2D eigenvalue weighted by molar-refractivity contribution is -0.140. The van der Waals surface area contributed by atoms with E-state index in [1.807, 2.05) is 0 Å². The minimum Gasteiger partial charge on any atom is -0.480 e. The molecule has 13 heteroatoms. The molecule has 0 aromatic rings. The Hall–Kier alpha value is -1.85. The molecule has 0 saturated carbocycles. The van der Waals surface area contributed by atoms with E-state index in [0.29, 0.717) is 0 Å². The van der Waals surface area contributed by atoms with Crippen LogP contribution in [0.15, 0.2) is 0 Å². The van der Waals surface area contributed by atoms with E-state index in [2.05, 4.69) is 0 Å². The number of carbonyl (C=O) groups is 4. The van der Waals surface area contributed by atoms with Crippen LogP contribution in [0.3, 0.4) is 0 Å². The molecule has 1 unspecified atom stereocenters. The van der Waals surface area contributed by atoms with Gasteiger partial charge in [-0.1, -0.05) is 0 Å². The Balaban J connectivity index is 2.93. The summed E-state index contributed by atoms with van der Waals surface area (Å²) in [7, 11) is -0.937. The highest BCUT2D eigenvalue weighted by atomic mass is 31.1. The Kier molecular flexibility index (Phi) is 10.9. The molecule has 1 saturated heterocycles. The van der Waals surface area contributed by atoms with Gasteiger partial charge in [-0.25, -0.2) is 0 Å².